The lowest BCUT2D eigenvalue weighted by Crippen LogP contribution is -2.40. The quantitative estimate of drug-likeness (QED) is 0.723. The molecule has 0 saturated heterocycles. The van der Waals surface area contributed by atoms with Crippen molar-refractivity contribution in [3.8, 4) is 11.4 Å². The number of aryl methyl sites for hydroxylation is 1. The van der Waals surface area contributed by atoms with Gasteiger partial charge >= 0.3 is 0 Å². The number of hydrogen-bond donors (Lipinski definition) is 2. The van der Waals surface area contributed by atoms with Gasteiger partial charge in [-0.15, -0.1) is 0 Å². The lowest BCUT2D eigenvalue weighted by atomic mass is 10.1. The molecule has 1 fully saturated rings. The molecule has 1 saturated carbocycles. The third kappa shape index (κ3) is 3.64. The first kappa shape index (κ1) is 17.5. The largest absolute Gasteiger partial charge is 0.391 e. The molecule has 0 bridgehead atoms. The van der Waals surface area contributed by atoms with Gasteiger partial charge in [0.05, 0.1) is 12.1 Å². The van der Waals surface area contributed by atoms with Crippen molar-refractivity contribution in [1.29, 1.82) is 0 Å². The molecule has 1 aliphatic carbocycles. The predicted molar refractivity (Wildman–Crippen MR) is 98.9 cm³/mol. The first-order chi connectivity index (χ1) is 13.1. The fourth-order valence-electron chi connectivity index (χ4n) is 3.75. The van der Waals surface area contributed by atoms with Crippen molar-refractivity contribution in [1.82, 2.24) is 20.0 Å². The minimum absolute atomic E-state index is 0.250. The highest BCUT2D eigenvalue weighted by atomic mass is 16.5. The summed E-state index contributed by atoms with van der Waals surface area (Å²) in [5, 5.41) is 17.0. The van der Waals surface area contributed by atoms with Gasteiger partial charge < -0.3 is 19.5 Å². The summed E-state index contributed by atoms with van der Waals surface area (Å²) in [5.74, 6) is 0.856. The summed E-state index contributed by atoms with van der Waals surface area (Å²) in [6.07, 6.45) is 5.95. The van der Waals surface area contributed by atoms with Crippen molar-refractivity contribution in [2.24, 2.45) is 5.92 Å². The molecule has 1 aliphatic rings. The van der Waals surface area contributed by atoms with Crippen LogP contribution >= 0.6 is 0 Å². The molecule has 2 aromatic heterocycles. The topological polar surface area (TPSA) is 93.2 Å². The Morgan fingerprint density at radius 2 is 2.15 bits per heavy atom. The van der Waals surface area contributed by atoms with Crippen molar-refractivity contribution >= 4 is 5.91 Å². The molecule has 1 aromatic carbocycles. The van der Waals surface area contributed by atoms with Crippen molar-refractivity contribution in [2.45, 2.75) is 38.5 Å². The smallest absolute Gasteiger partial charge is 0.274 e. The van der Waals surface area contributed by atoms with Crippen LogP contribution in [0.15, 0.2) is 53.5 Å². The van der Waals surface area contributed by atoms with Crippen LogP contribution in [0.2, 0.25) is 0 Å². The molecule has 140 valence electrons. The van der Waals surface area contributed by atoms with Crippen LogP contribution in [0, 0.1) is 12.8 Å². The Labute approximate surface area is 157 Å². The maximum Gasteiger partial charge on any atom is 0.274 e. The molecule has 2 N–H and O–H groups in total. The van der Waals surface area contributed by atoms with E-state index < -0.39 is 6.10 Å². The van der Waals surface area contributed by atoms with E-state index in [-0.39, 0.29) is 23.6 Å². The normalized spacial score (nSPS) is 22.1. The number of carbonyl (C=O) groups is 1. The van der Waals surface area contributed by atoms with Crippen LogP contribution in [0.5, 0.6) is 0 Å². The summed E-state index contributed by atoms with van der Waals surface area (Å²) in [5.41, 5.74) is 2.02. The number of nitrogens with zero attached hydrogens (tertiary/aromatic N) is 3. The Kier molecular flexibility index (Phi) is 4.77. The van der Waals surface area contributed by atoms with Crippen LogP contribution < -0.4 is 5.32 Å². The average Bonchev–Trinajstić information content (AvgIpc) is 3.37. The number of aromatic nitrogens is 3. The van der Waals surface area contributed by atoms with E-state index in [0.717, 1.165) is 17.9 Å². The summed E-state index contributed by atoms with van der Waals surface area (Å²) >= 11 is 0. The number of nitrogens with one attached hydrogen (secondary N) is 1. The van der Waals surface area contributed by atoms with Crippen LogP contribution in [-0.4, -0.2) is 37.9 Å². The van der Waals surface area contributed by atoms with E-state index in [1.807, 2.05) is 36.5 Å². The van der Waals surface area contributed by atoms with Gasteiger partial charge in [-0.2, -0.15) is 0 Å². The fraction of sp³-hybridized carbons (Fsp3) is 0.350. The van der Waals surface area contributed by atoms with Gasteiger partial charge in [0.1, 0.15) is 12.1 Å². The van der Waals surface area contributed by atoms with Gasteiger partial charge in [0, 0.05) is 30.1 Å². The molecule has 4 rings (SSSR count). The Morgan fingerprint density at radius 3 is 2.89 bits per heavy atom. The number of benzene rings is 1. The van der Waals surface area contributed by atoms with Crippen LogP contribution in [0.1, 0.15) is 28.9 Å². The Morgan fingerprint density at radius 1 is 1.33 bits per heavy atom. The predicted octanol–water partition coefficient (Wildman–Crippen LogP) is 2.42. The Hall–Kier alpha value is -2.93. The lowest BCUT2D eigenvalue weighted by Gasteiger charge is -2.16. The molecule has 3 aromatic rings. The van der Waals surface area contributed by atoms with Gasteiger partial charge in [-0.25, -0.2) is 4.98 Å². The minimum atomic E-state index is -0.574. The van der Waals surface area contributed by atoms with Crippen molar-refractivity contribution < 1.29 is 14.4 Å². The lowest BCUT2D eigenvalue weighted by molar-refractivity contribution is 0.0863. The number of hydrogen-bond acceptors (Lipinski definition) is 5. The monoisotopic (exact) mass is 366 g/mol. The van der Waals surface area contributed by atoms with Gasteiger partial charge in [0.25, 0.3) is 5.91 Å². The van der Waals surface area contributed by atoms with Crippen LogP contribution in [0.3, 0.4) is 0 Å². The SMILES string of the molecule is Cc1conc1C(=O)N[C@@H]1CC(Cn2ccnc2-c2ccccc2)C[C@H]1O. The maximum atomic E-state index is 12.3. The second-order valence-corrected chi connectivity index (χ2v) is 7.10. The Bertz CT molecular complexity index is 918. The highest BCUT2D eigenvalue weighted by Gasteiger charge is 2.35. The van der Waals surface area contributed by atoms with E-state index in [9.17, 15) is 9.90 Å². The van der Waals surface area contributed by atoms with E-state index in [4.69, 9.17) is 4.52 Å². The molecule has 1 unspecified atom stereocenters. The molecular formula is C20H22N4O3. The van der Waals surface area contributed by atoms with E-state index in [1.165, 1.54) is 6.26 Å². The summed E-state index contributed by atoms with van der Waals surface area (Å²) < 4.78 is 6.93. The zero-order chi connectivity index (χ0) is 18.8. The number of aliphatic hydroxyl groups is 1. The fourth-order valence-corrected chi connectivity index (χ4v) is 3.75. The van der Waals surface area contributed by atoms with Gasteiger partial charge in [0.15, 0.2) is 5.69 Å². The molecule has 1 amide bonds. The molecule has 3 atom stereocenters. The number of aliphatic hydroxyl groups excluding tert-OH is 1. The van der Waals surface area contributed by atoms with Gasteiger partial charge in [0.2, 0.25) is 0 Å². The van der Waals surface area contributed by atoms with E-state index in [0.29, 0.717) is 18.4 Å². The molecule has 2 heterocycles. The van der Waals surface area contributed by atoms with Crippen molar-refractivity contribution in [2.75, 3.05) is 0 Å². The zero-order valence-corrected chi connectivity index (χ0v) is 15.1. The van der Waals surface area contributed by atoms with Crippen LogP contribution in [-0.2, 0) is 6.54 Å². The first-order valence-corrected chi connectivity index (χ1v) is 9.08. The molecule has 7 heteroatoms. The van der Waals surface area contributed by atoms with Gasteiger partial charge in [-0.3, -0.25) is 4.79 Å². The Balaban J connectivity index is 1.42. The highest BCUT2D eigenvalue weighted by Crippen LogP contribution is 2.29. The first-order valence-electron chi connectivity index (χ1n) is 9.08. The second-order valence-electron chi connectivity index (χ2n) is 7.10. The molecular weight excluding hydrogens is 344 g/mol. The number of imidazole rings is 1. The minimum Gasteiger partial charge on any atom is -0.391 e. The summed E-state index contributed by atoms with van der Waals surface area (Å²) in [6, 6.07) is 9.74. The molecule has 0 spiro atoms. The summed E-state index contributed by atoms with van der Waals surface area (Å²) in [4.78, 5) is 16.8. The number of rotatable bonds is 5. The average molecular weight is 366 g/mol. The molecule has 0 radical (unpaired) electrons. The maximum absolute atomic E-state index is 12.3. The number of amides is 1. The van der Waals surface area contributed by atoms with Crippen LogP contribution in [0.4, 0.5) is 0 Å². The molecule has 0 aliphatic heterocycles. The number of carbonyl (C=O) groups excluding carboxylic acids is 1. The van der Waals surface area contributed by atoms with E-state index >= 15 is 0 Å². The summed E-state index contributed by atoms with van der Waals surface area (Å²) in [7, 11) is 0. The molecule has 7 nitrogen and oxygen atoms in total. The highest BCUT2D eigenvalue weighted by molar-refractivity contribution is 5.93. The van der Waals surface area contributed by atoms with E-state index in [1.54, 1.807) is 13.1 Å². The standard InChI is InChI=1S/C20H22N4O3/c1-13-12-27-23-18(13)20(26)22-16-9-14(10-17(16)25)11-24-8-7-21-19(24)15-5-3-2-4-6-15/h2-8,12,14,16-17,25H,9-11H2,1H3,(H,22,26)/t14?,16-,17-/m1/s1. The zero-order valence-electron chi connectivity index (χ0n) is 15.1. The third-order valence-electron chi connectivity index (χ3n) is 5.11. The van der Waals surface area contributed by atoms with E-state index in [2.05, 4.69) is 20.0 Å². The molecule has 27 heavy (non-hydrogen) atoms. The second kappa shape index (κ2) is 7.36. The summed E-state index contributed by atoms with van der Waals surface area (Å²) in [6.45, 7) is 2.51. The van der Waals surface area contributed by atoms with Crippen LogP contribution in [0.25, 0.3) is 11.4 Å². The van der Waals surface area contributed by atoms with Gasteiger partial charge in [-0.05, 0) is 25.7 Å². The van der Waals surface area contributed by atoms with Gasteiger partial charge in [-0.1, -0.05) is 35.5 Å². The van der Waals surface area contributed by atoms with Crippen molar-refractivity contribution in [3.63, 3.8) is 0 Å². The van der Waals surface area contributed by atoms with Crippen molar-refractivity contribution in [3.05, 3.63) is 60.2 Å². The third-order valence-corrected chi connectivity index (χ3v) is 5.11.